The molecule has 7 heteroatoms. The van der Waals surface area contributed by atoms with Crippen LogP contribution in [0.4, 0.5) is 0 Å². The van der Waals surface area contributed by atoms with E-state index in [2.05, 4.69) is 0 Å². The summed E-state index contributed by atoms with van der Waals surface area (Å²) in [7, 11) is -5.17. The molecule has 0 aromatic rings. The third kappa shape index (κ3) is 173. The van der Waals surface area contributed by atoms with Crippen LogP contribution in [-0.2, 0) is 10.4 Å². The first kappa shape index (κ1) is 15.7. The molecule has 0 rings (SSSR count). The van der Waals surface area contributed by atoms with Gasteiger partial charge in [-0.25, -0.2) is 0 Å². The van der Waals surface area contributed by atoms with Crippen molar-refractivity contribution in [3.05, 3.63) is 0 Å². The molecule has 2 radical (unpaired) electrons. The van der Waals surface area contributed by atoms with Crippen molar-refractivity contribution in [2.24, 2.45) is 0 Å². The molecule has 0 aliphatic carbocycles. The van der Waals surface area contributed by atoms with Gasteiger partial charge < -0.3 is 9.11 Å². The van der Waals surface area contributed by atoms with Crippen molar-refractivity contribution in [3.63, 3.8) is 0 Å². The number of hydrogen-bond donors (Lipinski definition) is 0. The van der Waals surface area contributed by atoms with E-state index in [1.165, 1.54) is 0 Å². The van der Waals surface area contributed by atoms with Gasteiger partial charge in [0.25, 0.3) is 0 Å². The Kier molecular flexibility index (Phi) is 11.5. The summed E-state index contributed by atoms with van der Waals surface area (Å²) in [5.41, 5.74) is 0. The van der Waals surface area contributed by atoms with E-state index in [0.717, 1.165) is 0 Å². The maximum absolute atomic E-state index is 8.52. The number of rotatable bonds is 0. The predicted molar refractivity (Wildman–Crippen MR) is 27.6 cm³/mol. The average molecular weight is 335 g/mol. The Morgan fingerprint density at radius 2 is 1.14 bits per heavy atom. The monoisotopic (exact) mass is 336 g/mol. The third-order valence-corrected chi connectivity index (χ3v) is 0. The zero-order valence-corrected chi connectivity index (χ0v) is 7.25. The first-order valence-electron chi connectivity index (χ1n) is 0.667. The Bertz CT molecular complexity index is 94.9. The van der Waals surface area contributed by atoms with E-state index in [4.69, 9.17) is 17.5 Å². The summed E-state index contributed by atoms with van der Waals surface area (Å²) in [6.45, 7) is 0. The van der Waals surface area contributed by atoms with Crippen LogP contribution in [0.15, 0.2) is 0 Å². The number of hydrogen-bond acceptors (Lipinski definition) is 4. The molecule has 0 unspecified atom stereocenters. The second-order valence-corrected chi connectivity index (χ2v) is 1.22. The van der Waals surface area contributed by atoms with Gasteiger partial charge in [0.1, 0.15) is 0 Å². The molecule has 0 saturated heterocycles. The predicted octanol–water partition coefficient (Wildman–Crippen LogP) is -3.17. The molecule has 0 saturated carbocycles. The fraction of sp³-hybridized carbons (Fsp3) is 0. The topological polar surface area (TPSA) is 80.3 Å². The van der Waals surface area contributed by atoms with Gasteiger partial charge in [0.2, 0.25) is 0 Å². The van der Waals surface area contributed by atoms with Gasteiger partial charge in [0, 0.05) is 10.4 Å². The first-order chi connectivity index (χ1) is 2.00. The Labute approximate surface area is 66.1 Å². The largest absolute Gasteiger partial charge is 2.00 e. The van der Waals surface area contributed by atoms with Gasteiger partial charge in [-0.1, -0.05) is 0 Å². The van der Waals surface area contributed by atoms with Gasteiger partial charge in [-0.15, -0.1) is 0 Å². The van der Waals surface area contributed by atoms with Gasteiger partial charge in [0.15, 0.2) is 0 Å². The molecule has 0 N–H and O–H groups in total. The van der Waals surface area contributed by atoms with Gasteiger partial charge in [0.05, 0.1) is 0 Å². The minimum Gasteiger partial charge on any atom is -0.759 e. The molecular weight excluding hydrogens is 331 g/mol. The van der Waals surface area contributed by atoms with Crippen molar-refractivity contribution in [2.45, 2.75) is 0 Å². The molecule has 4 nitrogen and oxygen atoms in total. The van der Waals surface area contributed by atoms with Crippen molar-refractivity contribution in [1.29, 1.82) is 0 Å². The summed E-state index contributed by atoms with van der Waals surface area (Å²) in [6, 6.07) is 0. The Morgan fingerprint density at radius 1 is 1.14 bits per heavy atom. The molecular formula is H4O4PbSSi. The second-order valence-electron chi connectivity index (χ2n) is 0.408. The van der Waals surface area contributed by atoms with Crippen LogP contribution < -0.4 is 0 Å². The van der Waals surface area contributed by atoms with E-state index in [-0.39, 0.29) is 38.3 Å². The fourth-order valence-electron chi connectivity index (χ4n) is 0. The molecule has 0 aromatic heterocycles. The van der Waals surface area contributed by atoms with Crippen LogP contribution >= 0.6 is 0 Å². The standard InChI is InChI=1S/H2O4S.Pb.H4Si/c1-5(2,3)4;;/h(H2,1,2,3,4);;1H4/q;+2;/p-2. The molecule has 0 spiro atoms. The van der Waals surface area contributed by atoms with Gasteiger partial charge in [-0.2, -0.15) is 0 Å². The van der Waals surface area contributed by atoms with Gasteiger partial charge in [-0.3, -0.25) is 8.42 Å². The fourth-order valence-corrected chi connectivity index (χ4v) is 0. The molecule has 0 aliphatic rings. The Morgan fingerprint density at radius 3 is 1.14 bits per heavy atom. The maximum atomic E-state index is 8.52. The summed E-state index contributed by atoms with van der Waals surface area (Å²) in [4.78, 5) is 0. The molecule has 0 atom stereocenters. The molecule has 0 aromatic carbocycles. The summed E-state index contributed by atoms with van der Waals surface area (Å²) >= 11 is 0. The van der Waals surface area contributed by atoms with E-state index in [1.54, 1.807) is 0 Å². The molecule has 0 heterocycles. The molecule has 0 bridgehead atoms. The van der Waals surface area contributed by atoms with E-state index in [1.807, 2.05) is 0 Å². The van der Waals surface area contributed by atoms with Crippen LogP contribution in [0.3, 0.4) is 0 Å². The first-order valence-corrected chi connectivity index (χ1v) is 2.00. The average Bonchev–Trinajstić information content (AvgIpc) is 0.722. The van der Waals surface area contributed by atoms with Crippen molar-refractivity contribution in [3.8, 4) is 0 Å². The van der Waals surface area contributed by atoms with Crippen LogP contribution in [0.1, 0.15) is 0 Å². The van der Waals surface area contributed by atoms with Gasteiger partial charge >= 0.3 is 27.3 Å². The van der Waals surface area contributed by atoms with Crippen LogP contribution in [0.25, 0.3) is 0 Å². The normalized spacial score (nSPS) is 8.29. The summed E-state index contributed by atoms with van der Waals surface area (Å²) in [6.07, 6.45) is 0. The SMILES string of the molecule is O=S(=O)([O-])[O-].[Pb+2].[SiH4]. The van der Waals surface area contributed by atoms with Crippen molar-refractivity contribution < 1.29 is 17.5 Å². The van der Waals surface area contributed by atoms with E-state index in [9.17, 15) is 0 Å². The summed E-state index contributed by atoms with van der Waals surface area (Å²) in [5, 5.41) is 0. The van der Waals surface area contributed by atoms with Crippen LogP contribution in [0, 0.1) is 0 Å². The molecule has 0 aliphatic heterocycles. The van der Waals surface area contributed by atoms with Crippen molar-refractivity contribution in [1.82, 2.24) is 0 Å². The van der Waals surface area contributed by atoms with E-state index < -0.39 is 10.4 Å². The van der Waals surface area contributed by atoms with Crippen molar-refractivity contribution in [2.75, 3.05) is 0 Å². The smallest absolute Gasteiger partial charge is 0.759 e. The van der Waals surface area contributed by atoms with Gasteiger partial charge in [-0.05, 0) is 11.0 Å². The Hall–Kier alpha value is 1.01. The molecule has 7 heavy (non-hydrogen) atoms. The zero-order chi connectivity index (χ0) is 4.50. The summed E-state index contributed by atoms with van der Waals surface area (Å²) < 4.78 is 34.1. The van der Waals surface area contributed by atoms with Crippen molar-refractivity contribution >= 4 is 48.7 Å². The summed E-state index contributed by atoms with van der Waals surface area (Å²) in [5.74, 6) is 0. The van der Waals surface area contributed by atoms with Crippen LogP contribution in [0.2, 0.25) is 0 Å². The van der Waals surface area contributed by atoms with Crippen LogP contribution in [-0.4, -0.2) is 55.8 Å². The quantitative estimate of drug-likeness (QED) is 0.266. The van der Waals surface area contributed by atoms with E-state index in [0.29, 0.717) is 0 Å². The minimum absolute atomic E-state index is 0. The minimum atomic E-state index is -5.17. The zero-order valence-electron chi connectivity index (χ0n) is 2.54. The molecule has 0 amide bonds. The van der Waals surface area contributed by atoms with E-state index >= 15 is 0 Å². The second kappa shape index (κ2) is 5.15. The maximum Gasteiger partial charge on any atom is 2.00 e. The molecule has 42 valence electrons. The Balaban J connectivity index is -0.0000000800. The third-order valence-electron chi connectivity index (χ3n) is 0. The molecule has 0 fully saturated rings. The van der Waals surface area contributed by atoms with Crippen LogP contribution in [0.5, 0.6) is 0 Å².